The molecule has 0 saturated carbocycles. The van der Waals surface area contributed by atoms with Crippen LogP contribution >= 0.6 is 23.1 Å². The van der Waals surface area contributed by atoms with Gasteiger partial charge in [-0.05, 0) is 30.5 Å². The van der Waals surface area contributed by atoms with Crippen molar-refractivity contribution in [3.05, 3.63) is 22.4 Å². The number of nitrogens with zero attached hydrogens (tertiary/aromatic N) is 2. The molecule has 2 saturated heterocycles. The van der Waals surface area contributed by atoms with Crippen LogP contribution in [-0.2, 0) is 11.3 Å². The average Bonchev–Trinajstić information content (AvgIpc) is 3.31. The van der Waals surface area contributed by atoms with E-state index >= 15 is 0 Å². The first-order valence-corrected chi connectivity index (χ1v) is 10.8. The van der Waals surface area contributed by atoms with Crippen LogP contribution in [0, 0.1) is 0 Å². The molecular formula is C17H28N4OS2. The van der Waals surface area contributed by atoms with E-state index < -0.39 is 0 Å². The first-order chi connectivity index (χ1) is 11.8. The van der Waals surface area contributed by atoms with E-state index in [9.17, 15) is 0 Å². The van der Waals surface area contributed by atoms with E-state index in [1.807, 2.05) is 0 Å². The van der Waals surface area contributed by atoms with Gasteiger partial charge in [-0.25, -0.2) is 4.99 Å². The minimum Gasteiger partial charge on any atom is -0.379 e. The summed E-state index contributed by atoms with van der Waals surface area (Å²) in [5.74, 6) is 3.38. The molecule has 0 aliphatic carbocycles. The number of hydrogen-bond acceptors (Lipinski definition) is 5. The fourth-order valence-corrected chi connectivity index (χ4v) is 5.39. The quantitative estimate of drug-likeness (QED) is 0.594. The maximum atomic E-state index is 5.54. The van der Waals surface area contributed by atoms with Gasteiger partial charge in [0, 0.05) is 42.3 Å². The Kier molecular flexibility index (Phi) is 6.83. The van der Waals surface area contributed by atoms with Gasteiger partial charge in [0.15, 0.2) is 5.96 Å². The van der Waals surface area contributed by atoms with Crippen molar-refractivity contribution in [3.63, 3.8) is 0 Å². The number of thiophene rings is 1. The number of ether oxygens (including phenoxy) is 1. The molecule has 7 heteroatoms. The maximum absolute atomic E-state index is 5.54. The van der Waals surface area contributed by atoms with Crippen molar-refractivity contribution in [2.75, 3.05) is 50.9 Å². The zero-order chi connectivity index (χ0) is 16.7. The lowest BCUT2D eigenvalue weighted by Gasteiger charge is -2.43. The molecule has 2 aliphatic heterocycles. The second-order valence-corrected chi connectivity index (χ2v) is 8.39. The Morgan fingerprint density at radius 1 is 1.38 bits per heavy atom. The molecular weight excluding hydrogens is 340 g/mol. The first kappa shape index (κ1) is 18.0. The Balaban J connectivity index is 1.61. The van der Waals surface area contributed by atoms with Crippen LogP contribution < -0.4 is 10.6 Å². The van der Waals surface area contributed by atoms with Crippen molar-refractivity contribution in [1.29, 1.82) is 0 Å². The number of aliphatic imine (C=N–C) groups is 1. The summed E-state index contributed by atoms with van der Waals surface area (Å²) in [5, 5.41) is 9.10. The van der Waals surface area contributed by atoms with Gasteiger partial charge < -0.3 is 15.4 Å². The van der Waals surface area contributed by atoms with Crippen molar-refractivity contribution in [3.8, 4) is 0 Å². The van der Waals surface area contributed by atoms with Gasteiger partial charge in [0.1, 0.15) is 0 Å². The van der Waals surface area contributed by atoms with Crippen molar-refractivity contribution < 1.29 is 4.74 Å². The van der Waals surface area contributed by atoms with Crippen LogP contribution in [0.15, 0.2) is 22.5 Å². The van der Waals surface area contributed by atoms with Gasteiger partial charge in [0.2, 0.25) is 0 Å². The number of guanidine groups is 1. The van der Waals surface area contributed by atoms with E-state index in [0.717, 1.165) is 51.9 Å². The third kappa shape index (κ3) is 4.65. The van der Waals surface area contributed by atoms with Crippen LogP contribution in [0.3, 0.4) is 0 Å². The minimum absolute atomic E-state index is 0.244. The number of hydrogen-bond donors (Lipinski definition) is 2. The highest BCUT2D eigenvalue weighted by molar-refractivity contribution is 7.99. The van der Waals surface area contributed by atoms with Gasteiger partial charge >= 0.3 is 0 Å². The smallest absolute Gasteiger partial charge is 0.191 e. The van der Waals surface area contributed by atoms with Crippen LogP contribution in [0.1, 0.15) is 18.2 Å². The maximum Gasteiger partial charge on any atom is 0.191 e. The van der Waals surface area contributed by atoms with Crippen LogP contribution in [-0.4, -0.2) is 67.3 Å². The Morgan fingerprint density at radius 3 is 2.92 bits per heavy atom. The SMILES string of the molecule is CCNC(=NCc1cccs1)NCC1(N2CCOCC2)CCSC1. The summed E-state index contributed by atoms with van der Waals surface area (Å²) in [4.78, 5) is 8.68. The topological polar surface area (TPSA) is 48.9 Å². The highest BCUT2D eigenvalue weighted by Crippen LogP contribution is 2.33. The molecule has 24 heavy (non-hydrogen) atoms. The molecule has 0 radical (unpaired) electrons. The van der Waals surface area contributed by atoms with Gasteiger partial charge in [-0.1, -0.05) is 6.07 Å². The molecule has 0 bridgehead atoms. The Morgan fingerprint density at radius 2 is 2.25 bits per heavy atom. The lowest BCUT2D eigenvalue weighted by molar-refractivity contribution is -0.0120. The number of rotatable bonds is 6. The van der Waals surface area contributed by atoms with E-state index in [2.05, 4.69) is 51.7 Å². The second-order valence-electron chi connectivity index (χ2n) is 6.25. The van der Waals surface area contributed by atoms with Crippen molar-refractivity contribution in [1.82, 2.24) is 15.5 Å². The molecule has 1 aromatic rings. The highest BCUT2D eigenvalue weighted by atomic mass is 32.2. The minimum atomic E-state index is 0.244. The summed E-state index contributed by atoms with van der Waals surface area (Å²) < 4.78 is 5.54. The molecule has 1 unspecified atom stereocenters. The molecule has 0 amide bonds. The molecule has 1 aromatic heterocycles. The van der Waals surface area contributed by atoms with E-state index in [1.165, 1.54) is 22.8 Å². The first-order valence-electron chi connectivity index (χ1n) is 8.77. The largest absolute Gasteiger partial charge is 0.379 e. The zero-order valence-electron chi connectivity index (χ0n) is 14.4. The number of nitrogens with one attached hydrogen (secondary N) is 2. The lowest BCUT2D eigenvalue weighted by Crippen LogP contribution is -2.60. The standard InChI is InChI=1S/C17H28N4OS2/c1-2-18-16(19-12-15-4-3-10-24-15)20-13-17(5-11-23-14-17)21-6-8-22-9-7-21/h3-4,10H,2,5-9,11-14H2,1H3,(H2,18,19,20). The summed E-state index contributed by atoms with van der Waals surface area (Å²) in [6.45, 7) is 8.51. The molecule has 2 aliphatic rings. The van der Waals surface area contributed by atoms with Gasteiger partial charge in [0.05, 0.1) is 19.8 Å². The van der Waals surface area contributed by atoms with E-state index in [1.54, 1.807) is 11.3 Å². The molecule has 0 aromatic carbocycles. The molecule has 134 valence electrons. The Labute approximate surface area is 153 Å². The molecule has 0 spiro atoms. The normalized spacial score (nSPS) is 25.8. The molecule has 3 heterocycles. The predicted octanol–water partition coefficient (Wildman–Crippen LogP) is 2.01. The van der Waals surface area contributed by atoms with Crippen LogP contribution in [0.4, 0.5) is 0 Å². The summed E-state index contributed by atoms with van der Waals surface area (Å²) in [5.41, 5.74) is 0.244. The monoisotopic (exact) mass is 368 g/mol. The van der Waals surface area contributed by atoms with Crippen molar-refractivity contribution >= 4 is 29.1 Å². The lowest BCUT2D eigenvalue weighted by atomic mass is 9.95. The van der Waals surface area contributed by atoms with Gasteiger partial charge in [-0.2, -0.15) is 11.8 Å². The van der Waals surface area contributed by atoms with E-state index in [0.29, 0.717) is 0 Å². The summed E-state index contributed by atoms with van der Waals surface area (Å²) in [6.07, 6.45) is 1.25. The van der Waals surface area contributed by atoms with Gasteiger partial charge in [-0.3, -0.25) is 4.90 Å². The van der Waals surface area contributed by atoms with Gasteiger partial charge in [-0.15, -0.1) is 11.3 Å². The van der Waals surface area contributed by atoms with Crippen LogP contribution in [0.25, 0.3) is 0 Å². The number of thioether (sulfide) groups is 1. The van der Waals surface area contributed by atoms with Gasteiger partial charge in [0.25, 0.3) is 0 Å². The van der Waals surface area contributed by atoms with Crippen molar-refractivity contribution in [2.45, 2.75) is 25.4 Å². The fraction of sp³-hybridized carbons (Fsp3) is 0.706. The Bertz CT molecular complexity index is 509. The van der Waals surface area contributed by atoms with Crippen LogP contribution in [0.5, 0.6) is 0 Å². The summed E-state index contributed by atoms with van der Waals surface area (Å²) in [6, 6.07) is 4.22. The average molecular weight is 369 g/mol. The zero-order valence-corrected chi connectivity index (χ0v) is 16.1. The van der Waals surface area contributed by atoms with E-state index in [-0.39, 0.29) is 5.54 Å². The summed E-state index contributed by atoms with van der Waals surface area (Å²) >= 11 is 3.83. The highest BCUT2D eigenvalue weighted by Gasteiger charge is 2.40. The molecule has 5 nitrogen and oxygen atoms in total. The number of morpholine rings is 1. The predicted molar refractivity (Wildman–Crippen MR) is 104 cm³/mol. The molecule has 2 N–H and O–H groups in total. The fourth-order valence-electron chi connectivity index (χ4n) is 3.28. The van der Waals surface area contributed by atoms with Crippen molar-refractivity contribution in [2.24, 2.45) is 4.99 Å². The van der Waals surface area contributed by atoms with Crippen LogP contribution in [0.2, 0.25) is 0 Å². The molecule has 1 atom stereocenters. The third-order valence-electron chi connectivity index (χ3n) is 4.67. The Hall–Kier alpha value is -0.760. The summed E-state index contributed by atoms with van der Waals surface area (Å²) in [7, 11) is 0. The molecule has 3 rings (SSSR count). The second kappa shape index (κ2) is 9.08. The van der Waals surface area contributed by atoms with E-state index in [4.69, 9.17) is 9.73 Å². The third-order valence-corrected chi connectivity index (χ3v) is 6.76. The molecule has 2 fully saturated rings.